The number of carbonyl (C=O) groups excluding carboxylic acids is 1. The smallest absolute Gasteiger partial charge is 0.256 e. The molecule has 0 unspecified atom stereocenters. The van der Waals surface area contributed by atoms with E-state index in [9.17, 15) is 4.79 Å². The van der Waals surface area contributed by atoms with Crippen LogP contribution in [0.2, 0.25) is 0 Å². The summed E-state index contributed by atoms with van der Waals surface area (Å²) in [6.07, 6.45) is 15.0. The number of carbonyl (C=O) groups is 1. The van der Waals surface area contributed by atoms with Crippen LogP contribution >= 0.6 is 0 Å². The van der Waals surface area contributed by atoms with Crippen molar-refractivity contribution in [2.75, 3.05) is 19.6 Å². The van der Waals surface area contributed by atoms with Gasteiger partial charge in [-0.05, 0) is 55.2 Å². The zero-order valence-electron chi connectivity index (χ0n) is 17.2. The second kappa shape index (κ2) is 9.02. The van der Waals surface area contributed by atoms with Crippen LogP contribution in [0.15, 0.2) is 40.7 Å². The maximum Gasteiger partial charge on any atom is 0.256 e. The molecule has 4 rings (SSSR count). The van der Waals surface area contributed by atoms with E-state index < -0.39 is 0 Å². The first-order valence-corrected chi connectivity index (χ1v) is 11.3. The van der Waals surface area contributed by atoms with Crippen molar-refractivity contribution in [3.8, 4) is 0 Å². The third-order valence-electron chi connectivity index (χ3n) is 6.57. The van der Waals surface area contributed by atoms with Crippen LogP contribution in [0.4, 0.5) is 0 Å². The van der Waals surface area contributed by atoms with E-state index in [1.807, 2.05) is 12.1 Å². The summed E-state index contributed by atoms with van der Waals surface area (Å²) in [5, 5.41) is 0. The summed E-state index contributed by atoms with van der Waals surface area (Å²) in [5.74, 6) is 1.60. The molecule has 0 spiro atoms. The Bertz CT molecular complexity index is 740. The van der Waals surface area contributed by atoms with Gasteiger partial charge in [0.2, 0.25) is 0 Å². The highest BCUT2D eigenvalue weighted by Crippen LogP contribution is 2.41. The van der Waals surface area contributed by atoms with Crippen molar-refractivity contribution in [1.29, 1.82) is 0 Å². The number of hydrogen-bond donors (Lipinski definition) is 0. The predicted octanol–water partition coefficient (Wildman–Crippen LogP) is 4.80. The molecule has 4 heteroatoms. The molecule has 1 saturated heterocycles. The minimum Gasteiger partial charge on any atom is -0.339 e. The van der Waals surface area contributed by atoms with E-state index in [1.54, 1.807) is 12.4 Å². The Morgan fingerprint density at radius 1 is 1.07 bits per heavy atom. The first kappa shape index (κ1) is 19.4. The molecule has 28 heavy (non-hydrogen) atoms. The Hall–Kier alpha value is -1.97. The maximum atomic E-state index is 13.5. The number of unbranched alkanes of at least 4 members (excludes halogenated alkanes) is 3. The lowest BCUT2D eigenvalue weighted by Gasteiger charge is -2.33. The van der Waals surface area contributed by atoms with Crippen molar-refractivity contribution >= 4 is 11.6 Å². The molecular weight excluding hydrogens is 346 g/mol. The maximum absolute atomic E-state index is 13.5. The highest BCUT2D eigenvalue weighted by atomic mass is 16.2. The van der Waals surface area contributed by atoms with Crippen molar-refractivity contribution in [3.05, 3.63) is 41.2 Å². The third kappa shape index (κ3) is 4.37. The summed E-state index contributed by atoms with van der Waals surface area (Å²) in [5.41, 5.74) is 4.13. The molecule has 1 saturated carbocycles. The highest BCUT2D eigenvalue weighted by molar-refractivity contribution is 6.29. The molecule has 150 valence electrons. The Balaban J connectivity index is 1.41. The number of aromatic nitrogens is 1. The van der Waals surface area contributed by atoms with Gasteiger partial charge in [0.25, 0.3) is 5.91 Å². The minimum absolute atomic E-state index is 0.222. The second-order valence-corrected chi connectivity index (χ2v) is 8.66. The van der Waals surface area contributed by atoms with Crippen LogP contribution in [0.5, 0.6) is 0 Å². The zero-order chi connectivity index (χ0) is 19.3. The van der Waals surface area contributed by atoms with Gasteiger partial charge in [0.15, 0.2) is 0 Å². The van der Waals surface area contributed by atoms with E-state index in [4.69, 9.17) is 4.99 Å². The lowest BCUT2D eigenvalue weighted by molar-refractivity contribution is -0.128. The van der Waals surface area contributed by atoms with Gasteiger partial charge in [-0.1, -0.05) is 39.0 Å². The number of likely N-dealkylation sites (tertiary alicyclic amines) is 1. The van der Waals surface area contributed by atoms with E-state index in [0.29, 0.717) is 12.5 Å². The number of nitrogens with zero attached hydrogens (tertiary/aromatic N) is 3. The molecular formula is C24H33N3O. The molecule has 3 heterocycles. The van der Waals surface area contributed by atoms with Gasteiger partial charge in [-0.25, -0.2) is 0 Å². The summed E-state index contributed by atoms with van der Waals surface area (Å²) >= 11 is 0. The summed E-state index contributed by atoms with van der Waals surface area (Å²) in [7, 11) is 0. The Morgan fingerprint density at radius 3 is 2.50 bits per heavy atom. The quantitative estimate of drug-likeness (QED) is 0.609. The molecule has 4 nitrogen and oxygen atoms in total. The molecule has 0 radical (unpaired) electrons. The van der Waals surface area contributed by atoms with Gasteiger partial charge in [0.05, 0.1) is 17.8 Å². The Kier molecular flexibility index (Phi) is 6.23. The largest absolute Gasteiger partial charge is 0.339 e. The first-order valence-electron chi connectivity index (χ1n) is 11.3. The van der Waals surface area contributed by atoms with Crippen LogP contribution < -0.4 is 0 Å². The van der Waals surface area contributed by atoms with Gasteiger partial charge in [0, 0.05) is 31.0 Å². The Morgan fingerprint density at radius 2 is 1.82 bits per heavy atom. The summed E-state index contributed by atoms with van der Waals surface area (Å²) < 4.78 is 0. The average molecular weight is 380 g/mol. The number of hydrogen-bond acceptors (Lipinski definition) is 3. The first-order chi connectivity index (χ1) is 13.8. The molecule has 0 atom stereocenters. The second-order valence-electron chi connectivity index (χ2n) is 8.66. The molecule has 1 amide bonds. The lowest BCUT2D eigenvalue weighted by atomic mass is 9.90. The third-order valence-corrected chi connectivity index (χ3v) is 6.57. The number of aliphatic imine (C=N–C) groups is 1. The number of amides is 1. The van der Waals surface area contributed by atoms with Crippen LogP contribution in [-0.4, -0.2) is 41.1 Å². The van der Waals surface area contributed by atoms with Crippen molar-refractivity contribution in [2.45, 2.75) is 64.7 Å². The summed E-state index contributed by atoms with van der Waals surface area (Å²) in [4.78, 5) is 24.5. The van der Waals surface area contributed by atoms with Gasteiger partial charge in [-0.15, -0.1) is 0 Å². The highest BCUT2D eigenvalue weighted by Gasteiger charge is 2.37. The molecule has 2 aliphatic heterocycles. The van der Waals surface area contributed by atoms with Crippen molar-refractivity contribution in [3.63, 3.8) is 0 Å². The predicted molar refractivity (Wildman–Crippen MR) is 113 cm³/mol. The molecule has 2 fully saturated rings. The SMILES string of the molecule is CCCCCCC1CCN(C(=O)C2=C(C3CC3)CN=C2c2ccncc2)CC1. The van der Waals surface area contributed by atoms with Crippen LogP contribution in [0.25, 0.3) is 0 Å². The van der Waals surface area contributed by atoms with Crippen LogP contribution in [-0.2, 0) is 4.79 Å². The van der Waals surface area contributed by atoms with Gasteiger partial charge in [0.1, 0.15) is 0 Å². The molecule has 1 aromatic heterocycles. The van der Waals surface area contributed by atoms with Crippen LogP contribution in [0.1, 0.15) is 70.3 Å². The molecule has 0 aromatic carbocycles. The molecule has 0 N–H and O–H groups in total. The van der Waals surface area contributed by atoms with Crippen molar-refractivity contribution in [2.24, 2.45) is 16.8 Å². The van der Waals surface area contributed by atoms with Gasteiger partial charge in [-0.3, -0.25) is 14.8 Å². The van der Waals surface area contributed by atoms with E-state index in [0.717, 1.165) is 48.7 Å². The monoisotopic (exact) mass is 379 g/mol. The number of rotatable bonds is 8. The van der Waals surface area contributed by atoms with E-state index >= 15 is 0 Å². The Labute approximate surface area is 169 Å². The number of piperidine rings is 1. The van der Waals surface area contributed by atoms with E-state index in [1.165, 1.54) is 50.5 Å². The lowest BCUT2D eigenvalue weighted by Crippen LogP contribution is -2.40. The van der Waals surface area contributed by atoms with Crippen LogP contribution in [0.3, 0.4) is 0 Å². The topological polar surface area (TPSA) is 45.6 Å². The standard InChI is InChI=1S/C24H33N3O/c1-2-3-4-5-6-18-11-15-27(16-12-18)24(28)22-21(19-7-8-19)17-26-23(22)20-9-13-25-14-10-20/h9-10,13-14,18-19H,2-8,11-12,15-17H2,1H3. The fraction of sp³-hybridized carbons (Fsp3) is 0.625. The van der Waals surface area contributed by atoms with Gasteiger partial charge in [-0.2, -0.15) is 0 Å². The normalized spacial score (nSPS) is 20.6. The summed E-state index contributed by atoms with van der Waals surface area (Å²) in [6, 6.07) is 3.95. The molecule has 0 bridgehead atoms. The zero-order valence-corrected chi connectivity index (χ0v) is 17.2. The number of pyridine rings is 1. The molecule has 1 aliphatic carbocycles. The fourth-order valence-electron chi connectivity index (χ4n) is 4.67. The van der Waals surface area contributed by atoms with Crippen LogP contribution in [0, 0.1) is 11.8 Å². The molecule has 1 aromatic rings. The van der Waals surface area contributed by atoms with Crippen molar-refractivity contribution in [1.82, 2.24) is 9.88 Å². The average Bonchev–Trinajstić information content (AvgIpc) is 3.50. The minimum atomic E-state index is 0.222. The van der Waals surface area contributed by atoms with E-state index in [-0.39, 0.29) is 5.91 Å². The van der Waals surface area contributed by atoms with Gasteiger partial charge < -0.3 is 4.90 Å². The summed E-state index contributed by atoms with van der Waals surface area (Å²) in [6.45, 7) is 4.78. The van der Waals surface area contributed by atoms with Crippen molar-refractivity contribution < 1.29 is 4.79 Å². The van der Waals surface area contributed by atoms with E-state index in [2.05, 4.69) is 16.8 Å². The molecule has 3 aliphatic rings. The fourth-order valence-corrected chi connectivity index (χ4v) is 4.67. The van der Waals surface area contributed by atoms with Gasteiger partial charge >= 0.3 is 0 Å².